The number of urea groups is 1. The molecular weight excluding hydrogens is 309 g/mol. The van der Waals surface area contributed by atoms with E-state index >= 15 is 0 Å². The summed E-state index contributed by atoms with van der Waals surface area (Å²) in [7, 11) is 1.40. The molecule has 0 radical (unpaired) electrons. The van der Waals surface area contributed by atoms with Gasteiger partial charge in [-0.3, -0.25) is 4.90 Å². The fourth-order valence-electron chi connectivity index (χ4n) is 2.02. The molecule has 116 valence electrons. The van der Waals surface area contributed by atoms with E-state index in [1.165, 1.54) is 11.9 Å². The van der Waals surface area contributed by atoms with Gasteiger partial charge in [0.1, 0.15) is 0 Å². The van der Waals surface area contributed by atoms with Crippen LogP contribution in [-0.2, 0) is 10.9 Å². The number of rotatable bonds is 1. The topological polar surface area (TPSA) is 32.8 Å². The number of anilines is 1. The van der Waals surface area contributed by atoms with Crippen molar-refractivity contribution in [3.05, 3.63) is 28.8 Å². The van der Waals surface area contributed by atoms with Gasteiger partial charge in [-0.25, -0.2) is 4.79 Å². The van der Waals surface area contributed by atoms with Crippen molar-refractivity contribution in [2.75, 3.05) is 38.3 Å². The van der Waals surface area contributed by atoms with Crippen molar-refractivity contribution in [2.24, 2.45) is 0 Å². The monoisotopic (exact) mass is 322 g/mol. The highest BCUT2D eigenvalue weighted by atomic mass is 35.5. The summed E-state index contributed by atoms with van der Waals surface area (Å²) in [6.07, 6.45) is -4.48. The lowest BCUT2D eigenvalue weighted by Gasteiger charge is -2.31. The number of hydrogen-bond donors (Lipinski definition) is 0. The van der Waals surface area contributed by atoms with Crippen LogP contribution in [0, 0.1) is 0 Å². The fraction of sp³-hybridized carbons (Fsp3) is 0.462. The number of benzene rings is 1. The summed E-state index contributed by atoms with van der Waals surface area (Å²) in [5.41, 5.74) is -0.813. The average Bonchev–Trinajstić information content (AvgIpc) is 2.46. The molecular formula is C13H14ClF3N2O2. The molecule has 0 bridgehead atoms. The number of alkyl halides is 3. The van der Waals surface area contributed by atoms with Gasteiger partial charge in [-0.2, -0.15) is 13.2 Å². The lowest BCUT2D eigenvalue weighted by Crippen LogP contribution is -2.47. The minimum Gasteiger partial charge on any atom is -0.378 e. The van der Waals surface area contributed by atoms with Crippen LogP contribution in [0.15, 0.2) is 18.2 Å². The lowest BCUT2D eigenvalue weighted by atomic mass is 10.2. The van der Waals surface area contributed by atoms with E-state index in [1.54, 1.807) is 0 Å². The highest BCUT2D eigenvalue weighted by Gasteiger charge is 2.32. The quantitative estimate of drug-likeness (QED) is 0.795. The summed E-state index contributed by atoms with van der Waals surface area (Å²) in [5, 5.41) is 0.0899. The molecule has 2 amide bonds. The highest BCUT2D eigenvalue weighted by molar-refractivity contribution is 6.33. The largest absolute Gasteiger partial charge is 0.416 e. The Bertz CT molecular complexity index is 531. The smallest absolute Gasteiger partial charge is 0.378 e. The van der Waals surface area contributed by atoms with Crippen molar-refractivity contribution >= 4 is 23.3 Å². The summed E-state index contributed by atoms with van der Waals surface area (Å²) in [5.74, 6) is 0. The van der Waals surface area contributed by atoms with E-state index in [-0.39, 0.29) is 10.7 Å². The second-order valence-electron chi connectivity index (χ2n) is 4.60. The van der Waals surface area contributed by atoms with Crippen LogP contribution in [0.25, 0.3) is 0 Å². The van der Waals surface area contributed by atoms with Gasteiger partial charge in [-0.15, -0.1) is 0 Å². The van der Waals surface area contributed by atoms with Crippen LogP contribution in [0.3, 0.4) is 0 Å². The second kappa shape index (κ2) is 6.11. The van der Waals surface area contributed by atoms with Crippen LogP contribution in [0.1, 0.15) is 5.56 Å². The molecule has 0 aliphatic carbocycles. The number of halogens is 4. The molecule has 1 aromatic carbocycles. The normalized spacial score (nSPS) is 16.0. The number of carbonyl (C=O) groups excluding carboxylic acids is 1. The molecule has 1 aromatic rings. The highest BCUT2D eigenvalue weighted by Crippen LogP contribution is 2.35. The molecule has 1 aliphatic heterocycles. The number of ether oxygens (including phenoxy) is 1. The first-order valence-electron chi connectivity index (χ1n) is 6.28. The van der Waals surface area contributed by atoms with Crippen molar-refractivity contribution in [3.63, 3.8) is 0 Å². The van der Waals surface area contributed by atoms with Gasteiger partial charge in [0.05, 0.1) is 29.5 Å². The lowest BCUT2D eigenvalue weighted by molar-refractivity contribution is -0.137. The first-order chi connectivity index (χ1) is 9.80. The predicted octanol–water partition coefficient (Wildman–Crippen LogP) is 3.25. The molecule has 21 heavy (non-hydrogen) atoms. The maximum Gasteiger partial charge on any atom is 0.416 e. The van der Waals surface area contributed by atoms with E-state index in [0.29, 0.717) is 26.3 Å². The van der Waals surface area contributed by atoms with Crippen LogP contribution >= 0.6 is 11.6 Å². The summed E-state index contributed by atoms with van der Waals surface area (Å²) in [6.45, 7) is 1.63. The maximum atomic E-state index is 12.7. The van der Waals surface area contributed by atoms with Crippen molar-refractivity contribution in [1.82, 2.24) is 4.90 Å². The minimum atomic E-state index is -4.48. The summed E-state index contributed by atoms with van der Waals surface area (Å²) in [4.78, 5) is 14.9. The third-order valence-corrected chi connectivity index (χ3v) is 3.52. The third kappa shape index (κ3) is 3.59. The molecule has 8 heteroatoms. The molecule has 0 saturated carbocycles. The number of nitrogens with zero attached hydrogens (tertiary/aromatic N) is 2. The Hall–Kier alpha value is -1.47. The van der Waals surface area contributed by atoms with Gasteiger partial charge >= 0.3 is 12.2 Å². The molecule has 1 aliphatic rings. The summed E-state index contributed by atoms with van der Waals surface area (Å²) >= 11 is 5.92. The SMILES string of the molecule is CN(C(=O)N1CCOCC1)c1cc(C(F)(F)F)ccc1Cl. The number of morpholine rings is 1. The number of amides is 2. The maximum absolute atomic E-state index is 12.7. The molecule has 0 spiro atoms. The Labute approximate surface area is 125 Å². The van der Waals surface area contributed by atoms with Crippen LogP contribution in [0.5, 0.6) is 0 Å². The summed E-state index contributed by atoms with van der Waals surface area (Å²) < 4.78 is 43.4. The van der Waals surface area contributed by atoms with Crippen molar-refractivity contribution in [3.8, 4) is 0 Å². The van der Waals surface area contributed by atoms with Crippen molar-refractivity contribution in [1.29, 1.82) is 0 Å². The van der Waals surface area contributed by atoms with Crippen LogP contribution in [0.4, 0.5) is 23.7 Å². The zero-order valence-electron chi connectivity index (χ0n) is 11.3. The molecule has 1 heterocycles. The van der Waals surface area contributed by atoms with E-state index in [1.807, 2.05) is 0 Å². The zero-order chi connectivity index (χ0) is 15.6. The molecule has 4 nitrogen and oxygen atoms in total. The first-order valence-corrected chi connectivity index (χ1v) is 6.65. The average molecular weight is 323 g/mol. The molecule has 1 fully saturated rings. The van der Waals surface area contributed by atoms with Gasteiger partial charge in [-0.1, -0.05) is 11.6 Å². The second-order valence-corrected chi connectivity index (χ2v) is 5.01. The molecule has 0 unspecified atom stereocenters. The van der Waals surface area contributed by atoms with Gasteiger partial charge in [0.2, 0.25) is 0 Å². The van der Waals surface area contributed by atoms with Crippen molar-refractivity contribution in [2.45, 2.75) is 6.18 Å². The third-order valence-electron chi connectivity index (χ3n) is 3.20. The van der Waals surface area contributed by atoms with Gasteiger partial charge in [0.25, 0.3) is 0 Å². The van der Waals surface area contributed by atoms with Gasteiger partial charge in [0, 0.05) is 20.1 Å². The Morgan fingerprint density at radius 3 is 2.52 bits per heavy atom. The van der Waals surface area contributed by atoms with E-state index in [4.69, 9.17) is 16.3 Å². The fourth-order valence-corrected chi connectivity index (χ4v) is 2.26. The first kappa shape index (κ1) is 15.9. The molecule has 0 N–H and O–H groups in total. The molecule has 1 saturated heterocycles. The Balaban J connectivity index is 2.25. The van der Waals surface area contributed by atoms with Crippen molar-refractivity contribution < 1.29 is 22.7 Å². The standard InChI is InChI=1S/C13H14ClF3N2O2/c1-18(12(20)19-4-6-21-7-5-19)11-8-9(13(15,16)17)2-3-10(11)14/h2-3,8H,4-7H2,1H3. The van der Waals surface area contributed by atoms with E-state index in [9.17, 15) is 18.0 Å². The van der Waals surface area contributed by atoms with Crippen LogP contribution < -0.4 is 4.90 Å². The van der Waals surface area contributed by atoms with E-state index in [2.05, 4.69) is 0 Å². The van der Waals surface area contributed by atoms with E-state index in [0.717, 1.165) is 23.1 Å². The number of carbonyl (C=O) groups is 1. The zero-order valence-corrected chi connectivity index (χ0v) is 12.0. The van der Waals surface area contributed by atoms with Gasteiger partial charge < -0.3 is 9.64 Å². The Morgan fingerprint density at radius 1 is 1.33 bits per heavy atom. The van der Waals surface area contributed by atoms with Crippen LogP contribution in [-0.4, -0.2) is 44.3 Å². The van der Waals surface area contributed by atoms with Crippen LogP contribution in [0.2, 0.25) is 5.02 Å². The Kier molecular flexibility index (Phi) is 4.63. The predicted molar refractivity (Wildman–Crippen MR) is 72.6 cm³/mol. The molecule has 2 rings (SSSR count). The molecule has 0 atom stereocenters. The van der Waals surface area contributed by atoms with Gasteiger partial charge in [0.15, 0.2) is 0 Å². The molecule has 0 aromatic heterocycles. The van der Waals surface area contributed by atoms with E-state index < -0.39 is 17.8 Å². The minimum absolute atomic E-state index is 0.0305. The van der Waals surface area contributed by atoms with Gasteiger partial charge in [-0.05, 0) is 18.2 Å². The number of hydrogen-bond acceptors (Lipinski definition) is 2. The summed E-state index contributed by atoms with van der Waals surface area (Å²) in [6, 6.07) is 2.50. The Morgan fingerprint density at radius 2 is 1.95 bits per heavy atom.